The summed E-state index contributed by atoms with van der Waals surface area (Å²) in [6, 6.07) is 18.7. The van der Waals surface area contributed by atoms with Crippen LogP contribution in [0.5, 0.6) is 0 Å². The third-order valence-corrected chi connectivity index (χ3v) is 5.05. The molecule has 1 unspecified atom stereocenters. The molecule has 0 radical (unpaired) electrons. The van der Waals surface area contributed by atoms with Crippen molar-refractivity contribution in [3.63, 3.8) is 0 Å². The molecule has 124 valence electrons. The molecule has 2 aromatic carbocycles. The Kier molecular flexibility index (Phi) is 5.28. The molecule has 1 heterocycles. The molecule has 0 aliphatic carbocycles. The molecule has 0 saturated carbocycles. The second-order valence-corrected chi connectivity index (χ2v) is 6.96. The quantitative estimate of drug-likeness (QED) is 0.704. The van der Waals surface area contributed by atoms with Crippen molar-refractivity contribution in [2.45, 2.75) is 19.9 Å². The maximum atomic E-state index is 12.5. The van der Waals surface area contributed by atoms with E-state index >= 15 is 0 Å². The van der Waals surface area contributed by atoms with Crippen molar-refractivity contribution in [3.8, 4) is 11.1 Å². The smallest absolute Gasteiger partial charge is 0.261 e. The highest BCUT2D eigenvalue weighted by Gasteiger charge is 2.14. The normalized spacial score (nSPS) is 12.2. The van der Waals surface area contributed by atoms with E-state index in [2.05, 4.69) is 47.9 Å². The van der Waals surface area contributed by atoms with Gasteiger partial charge in [-0.1, -0.05) is 49.4 Å². The Hall–Kier alpha value is -2.17. The van der Waals surface area contributed by atoms with E-state index in [1.165, 1.54) is 11.1 Å². The number of likely N-dealkylation sites (N-methyl/N-ethyl adjacent to an activating group) is 1. The number of rotatable bonds is 6. The Morgan fingerprint density at radius 2 is 1.92 bits per heavy atom. The second-order valence-electron chi connectivity index (χ2n) is 5.88. The lowest BCUT2D eigenvalue weighted by Crippen LogP contribution is -2.39. The van der Waals surface area contributed by atoms with E-state index < -0.39 is 0 Å². The fourth-order valence-electron chi connectivity index (χ4n) is 2.75. The molecular weight excluding hydrogens is 316 g/mol. The van der Waals surface area contributed by atoms with Crippen molar-refractivity contribution in [1.82, 2.24) is 10.6 Å². The first kappa shape index (κ1) is 16.7. The van der Waals surface area contributed by atoms with Crippen LogP contribution in [0.4, 0.5) is 0 Å². The van der Waals surface area contributed by atoms with Gasteiger partial charge in [-0.2, -0.15) is 0 Å². The average Bonchev–Trinajstić information content (AvgIpc) is 3.05. The van der Waals surface area contributed by atoms with Gasteiger partial charge in [0.1, 0.15) is 0 Å². The van der Waals surface area contributed by atoms with Crippen molar-refractivity contribution >= 4 is 27.3 Å². The number of amides is 1. The van der Waals surface area contributed by atoms with Gasteiger partial charge in [-0.15, -0.1) is 11.3 Å². The molecule has 3 rings (SSSR count). The number of carbonyl (C=O) groups excluding carboxylic acids is 1. The second kappa shape index (κ2) is 7.60. The molecule has 4 heteroatoms. The van der Waals surface area contributed by atoms with Gasteiger partial charge in [0.15, 0.2) is 0 Å². The highest BCUT2D eigenvalue weighted by molar-refractivity contribution is 7.20. The fourth-order valence-corrected chi connectivity index (χ4v) is 3.74. The number of hydrogen-bond donors (Lipinski definition) is 2. The van der Waals surface area contributed by atoms with Crippen molar-refractivity contribution in [2.24, 2.45) is 0 Å². The third-order valence-electron chi connectivity index (χ3n) is 3.95. The SMILES string of the molecule is CCNCC(C)NC(=O)c1cc2c(-c3ccccc3)cccc2s1. The number of hydrogen-bond acceptors (Lipinski definition) is 3. The third kappa shape index (κ3) is 3.66. The van der Waals surface area contributed by atoms with Crippen molar-refractivity contribution in [1.29, 1.82) is 0 Å². The Balaban J connectivity index is 1.88. The summed E-state index contributed by atoms with van der Waals surface area (Å²) >= 11 is 1.55. The lowest BCUT2D eigenvalue weighted by Gasteiger charge is -2.13. The predicted molar refractivity (Wildman–Crippen MR) is 103 cm³/mol. The average molecular weight is 338 g/mol. The highest BCUT2D eigenvalue weighted by atomic mass is 32.1. The summed E-state index contributed by atoms with van der Waals surface area (Å²) < 4.78 is 1.14. The van der Waals surface area contributed by atoms with Gasteiger partial charge >= 0.3 is 0 Å². The number of thiophene rings is 1. The zero-order chi connectivity index (χ0) is 16.9. The molecule has 0 aliphatic rings. The Labute approximate surface area is 146 Å². The van der Waals surface area contributed by atoms with Gasteiger partial charge in [0.05, 0.1) is 4.88 Å². The van der Waals surface area contributed by atoms with Gasteiger partial charge in [0.2, 0.25) is 0 Å². The first-order valence-electron chi connectivity index (χ1n) is 8.28. The summed E-state index contributed by atoms with van der Waals surface area (Å²) in [4.78, 5) is 13.3. The summed E-state index contributed by atoms with van der Waals surface area (Å²) in [7, 11) is 0. The lowest BCUT2D eigenvalue weighted by molar-refractivity contribution is 0.0944. The summed E-state index contributed by atoms with van der Waals surface area (Å²) in [5.41, 5.74) is 2.34. The van der Waals surface area contributed by atoms with Gasteiger partial charge < -0.3 is 10.6 Å². The van der Waals surface area contributed by atoms with Gasteiger partial charge in [-0.05, 0) is 36.7 Å². The van der Waals surface area contributed by atoms with Crippen LogP contribution in [-0.2, 0) is 0 Å². The zero-order valence-corrected chi connectivity index (χ0v) is 14.8. The van der Waals surface area contributed by atoms with E-state index in [0.717, 1.165) is 28.1 Å². The van der Waals surface area contributed by atoms with Crippen LogP contribution in [0, 0.1) is 0 Å². The van der Waals surface area contributed by atoms with Gasteiger partial charge in [0.25, 0.3) is 5.91 Å². The first-order chi connectivity index (χ1) is 11.7. The molecule has 24 heavy (non-hydrogen) atoms. The van der Waals surface area contributed by atoms with Gasteiger partial charge in [-0.3, -0.25) is 4.79 Å². The molecule has 0 bridgehead atoms. The Bertz CT molecular complexity index is 826. The summed E-state index contributed by atoms with van der Waals surface area (Å²) in [5, 5.41) is 7.45. The minimum atomic E-state index is 0.000569. The molecule has 0 aliphatic heterocycles. The van der Waals surface area contributed by atoms with Crippen LogP contribution in [0.1, 0.15) is 23.5 Å². The van der Waals surface area contributed by atoms with Crippen LogP contribution >= 0.6 is 11.3 Å². The molecule has 0 spiro atoms. The number of carbonyl (C=O) groups is 1. The highest BCUT2D eigenvalue weighted by Crippen LogP contribution is 2.34. The summed E-state index contributed by atoms with van der Waals surface area (Å²) in [6.45, 7) is 5.76. The maximum absolute atomic E-state index is 12.5. The minimum Gasteiger partial charge on any atom is -0.348 e. The van der Waals surface area contributed by atoms with Crippen molar-refractivity contribution < 1.29 is 4.79 Å². The van der Waals surface area contributed by atoms with E-state index in [1.54, 1.807) is 11.3 Å². The summed E-state index contributed by atoms with van der Waals surface area (Å²) in [6.07, 6.45) is 0. The van der Waals surface area contributed by atoms with E-state index in [0.29, 0.717) is 0 Å². The van der Waals surface area contributed by atoms with Crippen LogP contribution in [0.15, 0.2) is 54.6 Å². The minimum absolute atomic E-state index is 0.000569. The zero-order valence-electron chi connectivity index (χ0n) is 14.0. The lowest BCUT2D eigenvalue weighted by atomic mass is 10.0. The molecule has 2 N–H and O–H groups in total. The molecular formula is C20H22N2OS. The molecule has 3 aromatic rings. The van der Waals surface area contributed by atoms with E-state index in [1.807, 2.05) is 31.2 Å². The molecule has 0 fully saturated rings. The standard InChI is InChI=1S/C20H22N2OS/c1-3-21-13-14(2)22-20(23)19-12-17-16(10-7-11-18(17)24-19)15-8-5-4-6-9-15/h4-12,14,21H,3,13H2,1-2H3,(H,22,23). The fraction of sp³-hybridized carbons (Fsp3) is 0.250. The summed E-state index contributed by atoms with van der Waals surface area (Å²) in [5.74, 6) is 0.000569. The Morgan fingerprint density at radius 3 is 2.67 bits per heavy atom. The number of nitrogens with one attached hydrogen (secondary N) is 2. The van der Waals surface area contributed by atoms with E-state index in [9.17, 15) is 4.79 Å². The predicted octanol–water partition coefficient (Wildman–Crippen LogP) is 4.30. The molecule has 1 aromatic heterocycles. The van der Waals surface area contributed by atoms with Crippen LogP contribution in [0.3, 0.4) is 0 Å². The van der Waals surface area contributed by atoms with Crippen LogP contribution in [-0.4, -0.2) is 25.0 Å². The Morgan fingerprint density at radius 1 is 1.12 bits per heavy atom. The number of fused-ring (bicyclic) bond motifs is 1. The van der Waals surface area contributed by atoms with Crippen molar-refractivity contribution in [3.05, 3.63) is 59.5 Å². The molecule has 0 saturated heterocycles. The van der Waals surface area contributed by atoms with Crippen LogP contribution in [0.2, 0.25) is 0 Å². The molecule has 1 atom stereocenters. The van der Waals surface area contributed by atoms with Gasteiger partial charge in [0, 0.05) is 22.7 Å². The largest absolute Gasteiger partial charge is 0.348 e. The van der Waals surface area contributed by atoms with Crippen LogP contribution < -0.4 is 10.6 Å². The number of benzene rings is 2. The van der Waals surface area contributed by atoms with Crippen molar-refractivity contribution in [2.75, 3.05) is 13.1 Å². The molecule has 3 nitrogen and oxygen atoms in total. The topological polar surface area (TPSA) is 41.1 Å². The van der Waals surface area contributed by atoms with Crippen LogP contribution in [0.25, 0.3) is 21.2 Å². The van der Waals surface area contributed by atoms with Gasteiger partial charge in [-0.25, -0.2) is 0 Å². The van der Waals surface area contributed by atoms with E-state index in [-0.39, 0.29) is 11.9 Å². The monoisotopic (exact) mass is 338 g/mol. The maximum Gasteiger partial charge on any atom is 0.261 e. The first-order valence-corrected chi connectivity index (χ1v) is 9.10. The van der Waals surface area contributed by atoms with E-state index in [4.69, 9.17) is 0 Å². The molecule has 1 amide bonds.